The summed E-state index contributed by atoms with van der Waals surface area (Å²) in [4.78, 5) is 35.9. The zero-order chi connectivity index (χ0) is 51.5. The number of allylic oxidation sites excluding steroid dienone is 1. The normalized spacial score (nSPS) is 11.7. The number of aromatic carboxylic acids is 1. The third kappa shape index (κ3) is 14.0. The van der Waals surface area contributed by atoms with Gasteiger partial charge in [0.2, 0.25) is 0 Å². The molecular formula is C54H45F9ILiN2O6. The number of hydrogen-bond acceptors (Lipinski definition) is 4. The Morgan fingerprint density at radius 3 is 1.30 bits per heavy atom. The van der Waals surface area contributed by atoms with Gasteiger partial charge in [0.05, 0.1) is 22.3 Å². The summed E-state index contributed by atoms with van der Waals surface area (Å²) in [6, 6.07) is 30.8. The zero-order valence-corrected chi connectivity index (χ0v) is 42.0. The molecule has 0 bridgehead atoms. The molecule has 0 unspecified atom stereocenters. The van der Waals surface area contributed by atoms with Crippen LogP contribution >= 0.6 is 22.6 Å². The SMILES string of the molecule is CC(=O)c1ccc2c(-c3cccc(C(F)(F)F)c3)cn(C)c2c1.CC(=O)c1ccc2c(c1)CC=C2c1cccc(C(F)(F)F)c1.CI.Cn1cc(-c2cccc(C(F)(F)F)c2)c2ccc(C(=O)O)cc21.O.[Li+].[OH-]. The van der Waals surface area contributed by atoms with Gasteiger partial charge in [-0.3, -0.25) is 9.59 Å². The molecule has 9 rings (SSSR count). The number of hydrogen-bond donors (Lipinski definition) is 1. The maximum atomic E-state index is 12.9. The van der Waals surface area contributed by atoms with Crippen LogP contribution in [0, 0.1) is 0 Å². The Bertz CT molecular complexity index is 3170. The maximum Gasteiger partial charge on any atom is 1.00 e. The monoisotopic (exact) mass is 1120 g/mol. The van der Waals surface area contributed by atoms with Crippen LogP contribution in [0.5, 0.6) is 0 Å². The summed E-state index contributed by atoms with van der Waals surface area (Å²) in [6.45, 7) is 2.98. The van der Waals surface area contributed by atoms with E-state index in [1.807, 2.05) is 34.8 Å². The molecule has 0 amide bonds. The van der Waals surface area contributed by atoms with E-state index in [4.69, 9.17) is 5.11 Å². The number of nitrogens with zero attached hydrogens (tertiary/aromatic N) is 2. The van der Waals surface area contributed by atoms with Crippen LogP contribution in [0.4, 0.5) is 39.5 Å². The van der Waals surface area contributed by atoms with E-state index in [1.165, 1.54) is 50.2 Å². The van der Waals surface area contributed by atoms with Gasteiger partial charge in [0, 0.05) is 70.5 Å². The van der Waals surface area contributed by atoms with Gasteiger partial charge >= 0.3 is 43.4 Å². The molecule has 73 heavy (non-hydrogen) atoms. The summed E-state index contributed by atoms with van der Waals surface area (Å²) in [6.07, 6.45) is -7.11. The molecule has 2 aromatic heterocycles. The Hall–Kier alpha value is -6.43. The summed E-state index contributed by atoms with van der Waals surface area (Å²) >= 11 is 2.15. The molecule has 19 heteroatoms. The van der Waals surface area contributed by atoms with E-state index in [0.29, 0.717) is 56.3 Å². The van der Waals surface area contributed by atoms with E-state index in [1.54, 1.807) is 72.5 Å². The van der Waals surface area contributed by atoms with Crippen LogP contribution in [0.1, 0.15) is 78.3 Å². The number of ketones is 2. The van der Waals surface area contributed by atoms with Crippen molar-refractivity contribution in [1.29, 1.82) is 0 Å². The third-order valence-corrected chi connectivity index (χ3v) is 11.5. The summed E-state index contributed by atoms with van der Waals surface area (Å²) in [7, 11) is 3.54. The number of alkyl halides is 10. The van der Waals surface area contributed by atoms with E-state index >= 15 is 0 Å². The fourth-order valence-electron chi connectivity index (χ4n) is 8.01. The smallest absolute Gasteiger partial charge is 0.870 e. The van der Waals surface area contributed by atoms with Gasteiger partial charge in [-0.25, -0.2) is 4.79 Å². The first-order valence-corrected chi connectivity index (χ1v) is 23.2. The quantitative estimate of drug-likeness (QED) is 0.0580. The molecule has 378 valence electrons. The molecule has 0 atom stereocenters. The van der Waals surface area contributed by atoms with Gasteiger partial charge in [-0.1, -0.05) is 95.4 Å². The van der Waals surface area contributed by atoms with E-state index < -0.39 is 41.2 Å². The molecular weight excluding hydrogens is 1080 g/mol. The molecule has 0 radical (unpaired) electrons. The summed E-state index contributed by atoms with van der Waals surface area (Å²) < 4.78 is 119. The van der Waals surface area contributed by atoms with Crippen molar-refractivity contribution in [2.24, 2.45) is 14.1 Å². The number of fused-ring (bicyclic) bond motifs is 3. The molecule has 0 saturated carbocycles. The minimum absolute atomic E-state index is 0. The Balaban J connectivity index is 0.000000278. The van der Waals surface area contributed by atoms with Gasteiger partial charge in [0.1, 0.15) is 0 Å². The van der Waals surface area contributed by atoms with Crippen LogP contribution < -0.4 is 18.9 Å². The Labute approximate surface area is 439 Å². The molecule has 6 aromatic carbocycles. The number of carbonyl (C=O) groups excluding carboxylic acids is 2. The number of benzene rings is 6. The Morgan fingerprint density at radius 2 is 0.890 bits per heavy atom. The number of carbonyl (C=O) groups is 3. The van der Waals surface area contributed by atoms with Gasteiger partial charge in [0.25, 0.3) is 0 Å². The standard InChI is InChI=1S/C18H14F3NO.C18H13F3O.C17H12F3NO2.CH3I.Li.2H2O/c1-11(23)12-6-7-15-16(10-22(2)17(15)9-12)13-4-3-5-14(8-13)18(19,20)21;1-11(22)12-5-7-17-14(9-12)6-8-16(17)13-3-2-4-15(10-13)18(19,20)21;1-21-9-14(10-3-2-4-12(7-10)17(18,19)20)13-6-5-11(16(22)23)8-15(13)21;1-2;;;/h3-10H,1-2H3;2-5,7-10H,6H2,1H3;2-9H,1H3,(H,22,23);1H3;;2*1H2/q;;;;+1;;/p-1. The minimum Gasteiger partial charge on any atom is -0.870 e. The number of aromatic nitrogens is 2. The average molecular weight is 1120 g/mol. The molecule has 8 nitrogen and oxygen atoms in total. The molecule has 1 aliphatic carbocycles. The maximum absolute atomic E-state index is 12.9. The summed E-state index contributed by atoms with van der Waals surface area (Å²) in [5.74, 6) is -1.11. The van der Waals surface area contributed by atoms with E-state index in [0.717, 1.165) is 57.9 Å². The Morgan fingerprint density at radius 1 is 0.521 bits per heavy atom. The van der Waals surface area contributed by atoms with Crippen molar-refractivity contribution in [3.05, 3.63) is 196 Å². The van der Waals surface area contributed by atoms with Crippen LogP contribution in [0.15, 0.2) is 146 Å². The molecule has 0 aliphatic heterocycles. The predicted octanol–water partition coefficient (Wildman–Crippen LogP) is 11.6. The van der Waals surface area contributed by atoms with Crippen molar-refractivity contribution >= 4 is 67.5 Å². The summed E-state index contributed by atoms with van der Waals surface area (Å²) in [5, 5.41) is 10.6. The Kier molecular flexibility index (Phi) is 20.5. The largest absolute Gasteiger partial charge is 1.00 e. The van der Waals surface area contributed by atoms with Crippen LogP contribution in [0.3, 0.4) is 0 Å². The van der Waals surface area contributed by atoms with Crippen LogP contribution in [0.2, 0.25) is 0 Å². The number of rotatable bonds is 6. The van der Waals surface area contributed by atoms with E-state index in [2.05, 4.69) is 22.6 Å². The van der Waals surface area contributed by atoms with Gasteiger partial charge in [-0.15, -0.1) is 0 Å². The second-order valence-corrected chi connectivity index (χ2v) is 16.1. The van der Waals surface area contributed by atoms with Crippen LogP contribution in [0.25, 0.3) is 49.6 Å². The van der Waals surface area contributed by atoms with Gasteiger partial charge in [-0.2, -0.15) is 39.5 Å². The molecule has 0 spiro atoms. The molecule has 0 saturated heterocycles. The van der Waals surface area contributed by atoms with Crippen molar-refractivity contribution in [3.63, 3.8) is 0 Å². The molecule has 1 aliphatic rings. The number of Topliss-reactive ketones (excluding diaryl/α,β-unsaturated/α-hetero) is 2. The number of carboxylic acid groups (broad SMARTS) is 1. The summed E-state index contributed by atoms with van der Waals surface area (Å²) in [5.41, 5.74) is 6.23. The van der Waals surface area contributed by atoms with Crippen molar-refractivity contribution in [1.82, 2.24) is 9.13 Å². The van der Waals surface area contributed by atoms with Crippen LogP contribution in [-0.2, 0) is 39.0 Å². The second-order valence-electron chi connectivity index (χ2n) is 16.1. The fraction of sp³-hybridized carbons (Fsp3) is 0.167. The molecule has 2 heterocycles. The zero-order valence-electron chi connectivity index (χ0n) is 39.9. The van der Waals surface area contributed by atoms with Gasteiger partial charge < -0.3 is 25.2 Å². The van der Waals surface area contributed by atoms with E-state index in [-0.39, 0.29) is 46.9 Å². The van der Waals surface area contributed by atoms with Crippen LogP contribution in [-0.4, -0.2) is 47.7 Å². The molecule has 8 aromatic rings. The van der Waals surface area contributed by atoms with Gasteiger partial charge in [0.15, 0.2) is 11.6 Å². The average Bonchev–Trinajstić information content (AvgIpc) is 4.01. The third-order valence-electron chi connectivity index (χ3n) is 11.5. The topological polar surface area (TPSA) is 143 Å². The number of aryl methyl sites for hydroxylation is 2. The number of carboxylic acids is 1. The van der Waals surface area contributed by atoms with Gasteiger partial charge in [-0.05, 0) is 119 Å². The first-order chi connectivity index (χ1) is 32.9. The first-order valence-electron chi connectivity index (χ1n) is 21.1. The predicted molar refractivity (Wildman–Crippen MR) is 268 cm³/mol. The molecule has 0 fully saturated rings. The second kappa shape index (κ2) is 24.5. The molecule has 4 N–H and O–H groups in total. The minimum atomic E-state index is -4.41. The van der Waals surface area contributed by atoms with Crippen molar-refractivity contribution in [2.45, 2.75) is 38.8 Å². The first kappa shape index (κ1) is 60.9. The van der Waals surface area contributed by atoms with Crippen molar-refractivity contribution < 1.29 is 88.8 Å². The fourth-order valence-corrected chi connectivity index (χ4v) is 8.01. The van der Waals surface area contributed by atoms with Crippen molar-refractivity contribution in [3.8, 4) is 22.3 Å². The van der Waals surface area contributed by atoms with E-state index in [9.17, 15) is 53.9 Å². The number of halogens is 10. The van der Waals surface area contributed by atoms with Crippen molar-refractivity contribution in [2.75, 3.05) is 4.93 Å².